The predicted octanol–water partition coefficient (Wildman–Crippen LogP) is 2.39. The van der Waals surface area contributed by atoms with E-state index >= 15 is 0 Å². The molecule has 1 fully saturated rings. The first-order chi connectivity index (χ1) is 5.43. The van der Waals surface area contributed by atoms with Crippen molar-refractivity contribution >= 4 is 23.5 Å². The minimum Gasteiger partial charge on any atom is -0.502 e. The first kappa shape index (κ1) is 9.33. The smallest absolute Gasteiger partial charge is 0.0883 e. The molecule has 11 heavy (non-hydrogen) atoms. The summed E-state index contributed by atoms with van der Waals surface area (Å²) in [4.78, 5) is 0. The van der Waals surface area contributed by atoms with E-state index in [2.05, 4.69) is 30.1 Å². The monoisotopic (exact) mass is 190 g/mol. The van der Waals surface area contributed by atoms with Gasteiger partial charge in [-0.2, -0.15) is 23.5 Å². The second-order valence-electron chi connectivity index (χ2n) is 2.39. The van der Waals surface area contributed by atoms with Crippen LogP contribution >= 0.6 is 23.5 Å². The van der Waals surface area contributed by atoms with Gasteiger partial charge in [0.15, 0.2) is 0 Å². The molecule has 3 heteroatoms. The van der Waals surface area contributed by atoms with Gasteiger partial charge in [-0.05, 0) is 6.42 Å². The summed E-state index contributed by atoms with van der Waals surface area (Å²) in [5.41, 5.74) is 0. The van der Waals surface area contributed by atoms with Crippen molar-refractivity contribution in [2.24, 2.45) is 0 Å². The summed E-state index contributed by atoms with van der Waals surface area (Å²) in [6.45, 7) is 4.34. The van der Waals surface area contributed by atoms with Crippen molar-refractivity contribution in [3.8, 4) is 0 Å². The van der Waals surface area contributed by atoms with Crippen molar-refractivity contribution in [1.29, 1.82) is 0 Å². The van der Waals surface area contributed by atoms with Gasteiger partial charge in [0, 0.05) is 22.5 Å². The fraction of sp³-hybridized carbons (Fsp3) is 0.750. The van der Waals surface area contributed by atoms with Crippen LogP contribution in [0.15, 0.2) is 12.8 Å². The molecule has 0 N–H and O–H groups in total. The summed E-state index contributed by atoms with van der Waals surface area (Å²) < 4.78 is 5.08. The molecule has 0 aromatic heterocycles. The molecule has 0 aromatic carbocycles. The lowest BCUT2D eigenvalue weighted by Gasteiger charge is -2.20. The molecule has 1 nitrogen and oxygen atoms in total. The Kier molecular flexibility index (Phi) is 4.95. The Morgan fingerprint density at radius 2 is 2.45 bits per heavy atom. The first-order valence-corrected chi connectivity index (χ1v) is 6.05. The Labute approximate surface area is 77.0 Å². The van der Waals surface area contributed by atoms with Gasteiger partial charge in [0.2, 0.25) is 0 Å². The molecule has 0 radical (unpaired) electrons. The van der Waals surface area contributed by atoms with Crippen molar-refractivity contribution in [3.63, 3.8) is 0 Å². The van der Waals surface area contributed by atoms with Crippen LogP contribution in [0.2, 0.25) is 0 Å². The van der Waals surface area contributed by atoms with Crippen LogP contribution < -0.4 is 0 Å². The molecule has 0 saturated carbocycles. The molecule has 1 heterocycles. The maximum Gasteiger partial charge on any atom is 0.0883 e. The summed E-state index contributed by atoms with van der Waals surface area (Å²) in [5.74, 6) is 3.93. The molecule has 1 aliphatic rings. The van der Waals surface area contributed by atoms with Crippen LogP contribution in [-0.2, 0) is 4.74 Å². The summed E-state index contributed by atoms with van der Waals surface area (Å²) in [7, 11) is 0. The van der Waals surface area contributed by atoms with Gasteiger partial charge in [-0.3, -0.25) is 0 Å². The van der Waals surface area contributed by atoms with E-state index in [9.17, 15) is 0 Å². The second kappa shape index (κ2) is 5.84. The lowest BCUT2D eigenvalue weighted by Crippen LogP contribution is -2.15. The van der Waals surface area contributed by atoms with Crippen molar-refractivity contribution in [2.45, 2.75) is 11.7 Å². The van der Waals surface area contributed by atoms with E-state index in [0.29, 0.717) is 0 Å². The zero-order valence-corrected chi connectivity index (χ0v) is 8.26. The van der Waals surface area contributed by atoms with Crippen molar-refractivity contribution in [1.82, 2.24) is 0 Å². The zero-order chi connectivity index (χ0) is 7.94. The second-order valence-corrected chi connectivity index (χ2v) is 4.95. The SMILES string of the molecule is C=COCCC1CSCCS1. The van der Waals surface area contributed by atoms with Gasteiger partial charge < -0.3 is 4.74 Å². The molecule has 1 rings (SSSR count). The molecule has 1 unspecified atom stereocenters. The average Bonchev–Trinajstić information content (AvgIpc) is 2.07. The molecular formula is C8H14OS2. The van der Waals surface area contributed by atoms with E-state index < -0.39 is 0 Å². The van der Waals surface area contributed by atoms with E-state index in [1.54, 1.807) is 0 Å². The maximum atomic E-state index is 5.08. The van der Waals surface area contributed by atoms with Crippen molar-refractivity contribution in [2.75, 3.05) is 23.9 Å². The van der Waals surface area contributed by atoms with Crippen LogP contribution in [0.5, 0.6) is 0 Å². The Bertz CT molecular complexity index is 111. The molecule has 64 valence electrons. The van der Waals surface area contributed by atoms with E-state index in [0.717, 1.165) is 11.9 Å². The topological polar surface area (TPSA) is 9.23 Å². The predicted molar refractivity (Wildman–Crippen MR) is 54.3 cm³/mol. The minimum atomic E-state index is 0.814. The molecule has 0 amide bonds. The summed E-state index contributed by atoms with van der Waals surface area (Å²) in [6, 6.07) is 0. The summed E-state index contributed by atoms with van der Waals surface area (Å²) in [5, 5.41) is 0.814. The summed E-state index contributed by atoms with van der Waals surface area (Å²) in [6.07, 6.45) is 2.70. The number of ether oxygens (including phenoxy) is 1. The lowest BCUT2D eigenvalue weighted by molar-refractivity contribution is 0.246. The van der Waals surface area contributed by atoms with Crippen LogP contribution in [0.3, 0.4) is 0 Å². The summed E-state index contributed by atoms with van der Waals surface area (Å²) >= 11 is 4.14. The Balaban J connectivity index is 2.00. The number of hydrogen-bond acceptors (Lipinski definition) is 3. The largest absolute Gasteiger partial charge is 0.502 e. The van der Waals surface area contributed by atoms with Crippen molar-refractivity contribution in [3.05, 3.63) is 12.8 Å². The highest BCUT2D eigenvalue weighted by molar-refractivity contribution is 8.06. The third-order valence-corrected chi connectivity index (χ3v) is 4.47. The van der Waals surface area contributed by atoms with Gasteiger partial charge in [-0.25, -0.2) is 0 Å². The third kappa shape index (κ3) is 3.97. The Hall–Kier alpha value is 0.240. The molecule has 0 aliphatic carbocycles. The fourth-order valence-electron chi connectivity index (χ4n) is 0.986. The lowest BCUT2D eigenvalue weighted by atomic mass is 10.3. The van der Waals surface area contributed by atoms with Crippen LogP contribution in [0.4, 0.5) is 0 Å². The molecule has 0 aromatic rings. The minimum absolute atomic E-state index is 0.814. The van der Waals surface area contributed by atoms with Gasteiger partial charge in [0.05, 0.1) is 12.9 Å². The van der Waals surface area contributed by atoms with Gasteiger partial charge in [-0.15, -0.1) is 0 Å². The highest BCUT2D eigenvalue weighted by Gasteiger charge is 2.13. The number of rotatable bonds is 4. The maximum absolute atomic E-state index is 5.08. The van der Waals surface area contributed by atoms with Gasteiger partial charge in [0.25, 0.3) is 0 Å². The normalized spacial score (nSPS) is 24.5. The van der Waals surface area contributed by atoms with E-state index in [1.165, 1.54) is 29.9 Å². The van der Waals surface area contributed by atoms with Gasteiger partial charge in [0.1, 0.15) is 0 Å². The van der Waals surface area contributed by atoms with E-state index in [4.69, 9.17) is 4.74 Å². The Morgan fingerprint density at radius 3 is 3.09 bits per heavy atom. The molecule has 1 saturated heterocycles. The fourth-order valence-corrected chi connectivity index (χ4v) is 3.71. The quantitative estimate of drug-likeness (QED) is 0.497. The van der Waals surface area contributed by atoms with Crippen LogP contribution in [0.25, 0.3) is 0 Å². The van der Waals surface area contributed by atoms with Gasteiger partial charge >= 0.3 is 0 Å². The molecule has 0 spiro atoms. The molecule has 1 atom stereocenters. The highest BCUT2D eigenvalue weighted by Crippen LogP contribution is 2.25. The average molecular weight is 190 g/mol. The van der Waals surface area contributed by atoms with Gasteiger partial charge in [-0.1, -0.05) is 6.58 Å². The number of hydrogen-bond donors (Lipinski definition) is 0. The zero-order valence-electron chi connectivity index (χ0n) is 6.62. The number of thioether (sulfide) groups is 2. The molecule has 0 bridgehead atoms. The van der Waals surface area contributed by atoms with Crippen molar-refractivity contribution < 1.29 is 4.74 Å². The third-order valence-electron chi connectivity index (χ3n) is 1.56. The molecule has 1 aliphatic heterocycles. The standard InChI is InChI=1S/C8H14OS2/c1-2-9-4-3-8-7-10-5-6-11-8/h2,8H,1,3-7H2. The first-order valence-electron chi connectivity index (χ1n) is 3.85. The van der Waals surface area contributed by atoms with Crippen LogP contribution in [0, 0.1) is 0 Å². The van der Waals surface area contributed by atoms with E-state index in [-0.39, 0.29) is 0 Å². The molecular weight excluding hydrogens is 176 g/mol. The Morgan fingerprint density at radius 1 is 1.55 bits per heavy atom. The van der Waals surface area contributed by atoms with E-state index in [1.807, 2.05) is 0 Å². The highest BCUT2D eigenvalue weighted by atomic mass is 32.2. The van der Waals surface area contributed by atoms with Crippen LogP contribution in [0.1, 0.15) is 6.42 Å². The van der Waals surface area contributed by atoms with Crippen LogP contribution in [-0.4, -0.2) is 29.1 Å².